The second-order valence-electron chi connectivity index (χ2n) is 8.82. The van der Waals surface area contributed by atoms with Gasteiger partial charge in [0.05, 0.1) is 23.0 Å². The highest BCUT2D eigenvalue weighted by Gasteiger charge is 2.57. The molecule has 1 aliphatic carbocycles. The fraction of sp³-hybridized carbons (Fsp3) is 0.360. The van der Waals surface area contributed by atoms with E-state index in [0.717, 1.165) is 11.1 Å². The lowest BCUT2D eigenvalue weighted by Crippen LogP contribution is -2.67. The molecule has 0 radical (unpaired) electrons. The number of carbonyl (C=O) groups excluding carboxylic acids is 2. The van der Waals surface area contributed by atoms with Crippen molar-refractivity contribution in [2.45, 2.75) is 37.3 Å². The van der Waals surface area contributed by atoms with Gasteiger partial charge in [-0.2, -0.15) is 5.10 Å². The van der Waals surface area contributed by atoms with Crippen molar-refractivity contribution in [1.82, 2.24) is 20.1 Å². The molecule has 1 N–H and O–H groups in total. The van der Waals surface area contributed by atoms with Crippen LogP contribution in [0.2, 0.25) is 0 Å². The lowest BCUT2D eigenvalue weighted by molar-refractivity contribution is -0.108. The maximum absolute atomic E-state index is 13.2. The van der Waals surface area contributed by atoms with E-state index in [2.05, 4.69) is 10.4 Å². The van der Waals surface area contributed by atoms with Crippen molar-refractivity contribution in [1.29, 1.82) is 0 Å². The van der Waals surface area contributed by atoms with E-state index in [9.17, 15) is 9.59 Å². The molecule has 0 atom stereocenters. The Labute approximate surface area is 202 Å². The molecular formula is C25H27N5O5. The number of rotatable bonds is 7. The van der Waals surface area contributed by atoms with E-state index in [1.807, 2.05) is 36.4 Å². The van der Waals surface area contributed by atoms with Crippen molar-refractivity contribution in [2.24, 2.45) is 7.05 Å². The summed E-state index contributed by atoms with van der Waals surface area (Å²) in [5, 5.41) is 7.25. The lowest BCUT2D eigenvalue weighted by atomic mass is 9.64. The number of hydrogen-bond acceptors (Lipinski definition) is 7. The fourth-order valence-electron chi connectivity index (χ4n) is 4.83. The number of nitrogens with zero attached hydrogens (tertiary/aromatic N) is 4. The zero-order chi connectivity index (χ0) is 24.6. The molecule has 2 aliphatic heterocycles. The molecular weight excluding hydrogens is 450 g/mol. The Hall–Kier alpha value is -3.76. The van der Waals surface area contributed by atoms with Gasteiger partial charge in [-0.15, -0.1) is 0 Å². The number of amides is 2. The molecule has 2 bridgehead atoms. The highest BCUT2D eigenvalue weighted by atomic mass is 16.7. The first kappa shape index (κ1) is 23.0. The Balaban J connectivity index is 1.46. The Bertz CT molecular complexity index is 1230. The number of anilines is 1. The summed E-state index contributed by atoms with van der Waals surface area (Å²) in [6, 6.07) is 13.0. The molecule has 182 valence electrons. The van der Waals surface area contributed by atoms with E-state index in [-0.39, 0.29) is 18.6 Å². The van der Waals surface area contributed by atoms with Crippen molar-refractivity contribution in [3.63, 3.8) is 0 Å². The van der Waals surface area contributed by atoms with Crippen molar-refractivity contribution < 1.29 is 23.8 Å². The van der Waals surface area contributed by atoms with E-state index >= 15 is 0 Å². The summed E-state index contributed by atoms with van der Waals surface area (Å²) in [5.74, 6) is 0.215. The van der Waals surface area contributed by atoms with Gasteiger partial charge in [0, 0.05) is 39.1 Å². The molecule has 1 fully saturated rings. The quantitative estimate of drug-likeness (QED) is 0.521. The highest BCUT2D eigenvalue weighted by Crippen LogP contribution is 2.53. The Morgan fingerprint density at radius 1 is 1.14 bits per heavy atom. The molecule has 1 aromatic carbocycles. The van der Waals surface area contributed by atoms with Crippen LogP contribution in [-0.4, -0.2) is 47.0 Å². The number of methoxy groups -OCH3 is 2. The summed E-state index contributed by atoms with van der Waals surface area (Å²) in [6.07, 6.45) is 3.14. The van der Waals surface area contributed by atoms with E-state index in [4.69, 9.17) is 19.2 Å². The van der Waals surface area contributed by atoms with Gasteiger partial charge >= 0.3 is 6.09 Å². The van der Waals surface area contributed by atoms with Crippen LogP contribution in [-0.2, 0) is 33.4 Å². The number of aromatic nitrogens is 3. The van der Waals surface area contributed by atoms with Gasteiger partial charge in [-0.25, -0.2) is 9.78 Å². The van der Waals surface area contributed by atoms with Gasteiger partial charge < -0.3 is 19.5 Å². The average molecular weight is 478 g/mol. The van der Waals surface area contributed by atoms with Crippen LogP contribution in [0.4, 0.5) is 10.6 Å². The minimum absolute atomic E-state index is 0.152. The van der Waals surface area contributed by atoms with Gasteiger partial charge in [0.15, 0.2) is 0 Å². The molecule has 6 rings (SSSR count). The van der Waals surface area contributed by atoms with Gasteiger partial charge in [-0.05, 0) is 24.5 Å². The van der Waals surface area contributed by atoms with Crippen molar-refractivity contribution in [3.8, 4) is 0 Å². The third kappa shape index (κ3) is 4.15. The zero-order valence-corrected chi connectivity index (χ0v) is 19.8. The molecule has 0 unspecified atom stereocenters. The predicted molar refractivity (Wildman–Crippen MR) is 125 cm³/mol. The molecule has 10 heteroatoms. The third-order valence-electron chi connectivity index (χ3n) is 6.57. The zero-order valence-electron chi connectivity index (χ0n) is 19.8. The summed E-state index contributed by atoms with van der Waals surface area (Å²) in [7, 11) is 4.80. The average Bonchev–Trinajstić information content (AvgIpc) is 3.29. The number of carbonyl (C=O) groups is 2. The van der Waals surface area contributed by atoms with Gasteiger partial charge in [0.1, 0.15) is 12.4 Å². The molecule has 2 amide bonds. The van der Waals surface area contributed by atoms with E-state index in [0.29, 0.717) is 29.9 Å². The topological polar surface area (TPSA) is 108 Å². The first-order chi connectivity index (χ1) is 16.9. The van der Waals surface area contributed by atoms with Crippen LogP contribution in [0, 0.1) is 0 Å². The first-order valence-electron chi connectivity index (χ1n) is 11.3. The maximum atomic E-state index is 13.2. The number of benzene rings is 1. The number of ether oxygens (including phenoxy) is 3. The van der Waals surface area contributed by atoms with E-state index < -0.39 is 17.9 Å². The maximum Gasteiger partial charge on any atom is 0.416 e. The van der Waals surface area contributed by atoms with E-state index in [1.54, 1.807) is 28.9 Å². The highest BCUT2D eigenvalue weighted by molar-refractivity contribution is 5.96. The van der Waals surface area contributed by atoms with Crippen LogP contribution in [0.15, 0.2) is 54.9 Å². The molecule has 0 spiro atoms. The third-order valence-corrected chi connectivity index (χ3v) is 6.57. The molecule has 3 aromatic rings. The molecule has 10 nitrogen and oxygen atoms in total. The fourth-order valence-corrected chi connectivity index (χ4v) is 4.83. The second-order valence-corrected chi connectivity index (χ2v) is 8.82. The smallest absolute Gasteiger partial charge is 0.416 e. The van der Waals surface area contributed by atoms with Gasteiger partial charge in [0.25, 0.3) is 5.91 Å². The molecule has 1 saturated carbocycles. The van der Waals surface area contributed by atoms with Gasteiger partial charge in [-0.3, -0.25) is 14.4 Å². The Morgan fingerprint density at radius 2 is 1.89 bits per heavy atom. The van der Waals surface area contributed by atoms with Crippen LogP contribution in [0.25, 0.3) is 0 Å². The number of aryl methyl sites for hydroxylation is 1. The number of pyridine rings is 1. The Kier molecular flexibility index (Phi) is 6.00. The van der Waals surface area contributed by atoms with Crippen LogP contribution in [0.5, 0.6) is 0 Å². The normalized spacial score (nSPS) is 20.2. The summed E-state index contributed by atoms with van der Waals surface area (Å²) in [4.78, 5) is 32.5. The standard InChI is InChI=1S/C25H27N5O5/c1-29-14-17(13-26-29)22(31)28-25-11-18(12-25)30(24(32)35-15-16-7-5-4-6-8-16)21-19(25)9-10-20(27-21)23(33-2)34-3/h4-10,13-14,18,23H,11-12,15H2,1-3H3,(H,28,31). The van der Waals surface area contributed by atoms with Crippen molar-refractivity contribution in [2.75, 3.05) is 19.1 Å². The largest absolute Gasteiger partial charge is 0.444 e. The number of hydrogen-bond donors (Lipinski definition) is 1. The van der Waals surface area contributed by atoms with Crippen LogP contribution in [0.1, 0.15) is 46.3 Å². The second kappa shape index (κ2) is 9.12. The minimum atomic E-state index is -0.693. The SMILES string of the molecule is COC(OC)c1ccc2c(n1)N(C(=O)OCc1ccccc1)C1CC2(NC(=O)c2cnn(C)c2)C1. The van der Waals surface area contributed by atoms with Gasteiger partial charge in [0.2, 0.25) is 6.29 Å². The van der Waals surface area contributed by atoms with Crippen LogP contribution >= 0.6 is 0 Å². The molecule has 2 aromatic heterocycles. The molecule has 35 heavy (non-hydrogen) atoms. The summed E-state index contributed by atoms with van der Waals surface area (Å²) in [5.41, 5.74) is 2.00. The molecule has 0 saturated heterocycles. The van der Waals surface area contributed by atoms with Crippen LogP contribution in [0.3, 0.4) is 0 Å². The minimum Gasteiger partial charge on any atom is -0.444 e. The molecule has 3 aliphatic rings. The number of nitrogens with one attached hydrogen (secondary N) is 1. The Morgan fingerprint density at radius 3 is 2.54 bits per heavy atom. The predicted octanol–water partition coefficient (Wildman–Crippen LogP) is 3.05. The summed E-state index contributed by atoms with van der Waals surface area (Å²) >= 11 is 0. The van der Waals surface area contributed by atoms with Crippen LogP contribution < -0.4 is 10.2 Å². The lowest BCUT2D eigenvalue weighted by Gasteiger charge is -2.56. The molecule has 4 heterocycles. The van der Waals surface area contributed by atoms with E-state index in [1.165, 1.54) is 20.4 Å². The summed E-state index contributed by atoms with van der Waals surface area (Å²) < 4.78 is 18.0. The van der Waals surface area contributed by atoms with Crippen molar-refractivity contribution in [3.05, 3.63) is 77.2 Å². The monoisotopic (exact) mass is 477 g/mol. The summed E-state index contributed by atoms with van der Waals surface area (Å²) in [6.45, 7) is 0.152. The van der Waals surface area contributed by atoms with Gasteiger partial charge in [-0.1, -0.05) is 36.4 Å². The van der Waals surface area contributed by atoms with Crippen molar-refractivity contribution >= 4 is 17.8 Å². The first-order valence-corrected chi connectivity index (χ1v) is 11.3.